The van der Waals surface area contributed by atoms with Crippen molar-refractivity contribution in [2.24, 2.45) is 7.05 Å². The highest BCUT2D eigenvalue weighted by Crippen LogP contribution is 2.27. The maximum absolute atomic E-state index is 13.5. The Morgan fingerprint density at radius 1 is 1.28 bits per heavy atom. The van der Waals surface area contributed by atoms with Crippen molar-refractivity contribution in [2.75, 3.05) is 13.1 Å². The molecule has 4 rings (SSSR count). The third kappa shape index (κ3) is 2.88. The molecule has 1 amide bonds. The fourth-order valence-electron chi connectivity index (χ4n) is 3.61. The van der Waals surface area contributed by atoms with Gasteiger partial charge in [0, 0.05) is 55.5 Å². The van der Waals surface area contributed by atoms with Crippen molar-refractivity contribution < 1.29 is 9.18 Å². The minimum absolute atomic E-state index is 0.0206. The molecule has 25 heavy (non-hydrogen) atoms. The quantitative estimate of drug-likeness (QED) is 0.721. The van der Waals surface area contributed by atoms with Gasteiger partial charge in [0.05, 0.1) is 5.69 Å². The summed E-state index contributed by atoms with van der Waals surface area (Å²) in [6.07, 6.45) is 7.06. The summed E-state index contributed by atoms with van der Waals surface area (Å²) in [5.74, 6) is -0.107. The molecule has 0 unspecified atom stereocenters. The van der Waals surface area contributed by atoms with Gasteiger partial charge in [-0.2, -0.15) is 0 Å². The highest BCUT2D eigenvalue weighted by atomic mass is 19.1. The molecule has 0 aliphatic carbocycles. The summed E-state index contributed by atoms with van der Waals surface area (Å²) >= 11 is 0. The van der Waals surface area contributed by atoms with Gasteiger partial charge < -0.3 is 9.47 Å². The van der Waals surface area contributed by atoms with Crippen molar-refractivity contribution in [3.8, 4) is 0 Å². The van der Waals surface area contributed by atoms with Gasteiger partial charge in [-0.05, 0) is 37.1 Å². The minimum Gasteiger partial charge on any atom is -0.340 e. The molecular weight excluding hydrogens is 319 g/mol. The van der Waals surface area contributed by atoms with E-state index in [1.807, 2.05) is 16.5 Å². The smallest absolute Gasteiger partial charge is 0.270 e. The Kier molecular flexibility index (Phi) is 3.95. The topological polar surface area (TPSA) is 51.0 Å². The van der Waals surface area contributed by atoms with Crippen LogP contribution < -0.4 is 0 Å². The van der Waals surface area contributed by atoms with E-state index in [2.05, 4.69) is 9.97 Å². The minimum atomic E-state index is -0.294. The van der Waals surface area contributed by atoms with Crippen LogP contribution in [0.4, 0.5) is 4.39 Å². The molecule has 0 saturated carbocycles. The number of hydrogen-bond acceptors (Lipinski definition) is 3. The van der Waals surface area contributed by atoms with Gasteiger partial charge in [0.2, 0.25) is 0 Å². The standard InChI is InChI=1S/C19H19FN4O/c1-23-17-5-4-15(20)9-14(17)10-18(23)19(25)24-8-2-3-13(12-24)16-11-21-6-7-22-16/h4-7,9-11,13H,2-3,8,12H2,1H3/t13-/m0/s1. The molecular formula is C19H19FN4O. The van der Waals surface area contributed by atoms with Crippen molar-refractivity contribution in [3.63, 3.8) is 0 Å². The largest absolute Gasteiger partial charge is 0.340 e. The lowest BCUT2D eigenvalue weighted by Crippen LogP contribution is -2.40. The number of amides is 1. The number of rotatable bonds is 2. The summed E-state index contributed by atoms with van der Waals surface area (Å²) in [7, 11) is 1.84. The highest BCUT2D eigenvalue weighted by Gasteiger charge is 2.28. The van der Waals surface area contributed by atoms with Crippen LogP contribution >= 0.6 is 0 Å². The van der Waals surface area contributed by atoms with Gasteiger partial charge in [0.1, 0.15) is 11.5 Å². The van der Waals surface area contributed by atoms with Crippen LogP contribution in [0, 0.1) is 5.82 Å². The van der Waals surface area contributed by atoms with Crippen LogP contribution in [-0.4, -0.2) is 38.4 Å². The predicted octanol–water partition coefficient (Wildman–Crippen LogP) is 3.13. The Bertz CT molecular complexity index is 922. The van der Waals surface area contributed by atoms with E-state index in [0.29, 0.717) is 12.2 Å². The average molecular weight is 338 g/mol. The van der Waals surface area contributed by atoms with E-state index in [0.717, 1.165) is 36.0 Å². The maximum atomic E-state index is 13.5. The second-order valence-corrected chi connectivity index (χ2v) is 6.51. The first-order valence-electron chi connectivity index (χ1n) is 8.43. The second kappa shape index (κ2) is 6.27. The molecule has 1 aromatic carbocycles. The van der Waals surface area contributed by atoms with Crippen molar-refractivity contribution in [1.82, 2.24) is 19.4 Å². The van der Waals surface area contributed by atoms with Gasteiger partial charge in [0.15, 0.2) is 0 Å². The summed E-state index contributed by atoms with van der Waals surface area (Å²) < 4.78 is 15.3. The first-order valence-corrected chi connectivity index (χ1v) is 8.43. The Morgan fingerprint density at radius 3 is 2.96 bits per heavy atom. The van der Waals surface area contributed by atoms with Gasteiger partial charge in [0.25, 0.3) is 5.91 Å². The van der Waals surface area contributed by atoms with Crippen molar-refractivity contribution in [2.45, 2.75) is 18.8 Å². The number of piperidine rings is 1. The SMILES string of the molecule is Cn1c(C(=O)N2CCC[C@H](c3cnccn3)C2)cc2cc(F)ccc21. The molecule has 2 aromatic heterocycles. The summed E-state index contributed by atoms with van der Waals surface area (Å²) in [5, 5.41) is 0.744. The molecule has 1 saturated heterocycles. The van der Waals surface area contributed by atoms with Crippen molar-refractivity contribution in [3.05, 3.63) is 60.1 Å². The molecule has 0 bridgehead atoms. The van der Waals surface area contributed by atoms with Crippen LogP contribution in [0.15, 0.2) is 42.9 Å². The van der Waals surface area contributed by atoms with Crippen molar-refractivity contribution in [1.29, 1.82) is 0 Å². The zero-order valence-corrected chi connectivity index (χ0v) is 14.0. The maximum Gasteiger partial charge on any atom is 0.270 e. The Hall–Kier alpha value is -2.76. The molecule has 0 N–H and O–H groups in total. The van der Waals surface area contributed by atoms with Crippen LogP contribution in [-0.2, 0) is 7.05 Å². The van der Waals surface area contributed by atoms with Crippen molar-refractivity contribution >= 4 is 16.8 Å². The van der Waals surface area contributed by atoms with Crippen LogP contribution in [0.25, 0.3) is 10.9 Å². The molecule has 1 atom stereocenters. The normalized spacial score (nSPS) is 17.8. The molecule has 3 heterocycles. The van der Waals surface area contributed by atoms with E-state index in [4.69, 9.17) is 0 Å². The predicted molar refractivity (Wildman–Crippen MR) is 92.8 cm³/mol. The number of benzene rings is 1. The number of nitrogens with zero attached hydrogens (tertiary/aromatic N) is 4. The van der Waals surface area contributed by atoms with Gasteiger partial charge in [-0.25, -0.2) is 4.39 Å². The van der Waals surface area contributed by atoms with Crippen LogP contribution in [0.3, 0.4) is 0 Å². The van der Waals surface area contributed by atoms with E-state index in [9.17, 15) is 9.18 Å². The molecule has 3 aromatic rings. The number of halogens is 1. The fraction of sp³-hybridized carbons (Fsp3) is 0.316. The molecule has 5 nitrogen and oxygen atoms in total. The van der Waals surface area contributed by atoms with Gasteiger partial charge >= 0.3 is 0 Å². The first-order chi connectivity index (χ1) is 12.1. The number of aromatic nitrogens is 3. The van der Waals surface area contributed by atoms with E-state index < -0.39 is 0 Å². The number of fused-ring (bicyclic) bond motifs is 1. The number of aryl methyl sites for hydroxylation is 1. The molecule has 0 radical (unpaired) electrons. The van der Waals surface area contributed by atoms with Gasteiger partial charge in [-0.1, -0.05) is 0 Å². The zero-order chi connectivity index (χ0) is 17.4. The molecule has 1 aliphatic rings. The number of likely N-dealkylation sites (tertiary alicyclic amines) is 1. The number of carbonyl (C=O) groups is 1. The fourth-order valence-corrected chi connectivity index (χ4v) is 3.61. The van der Waals surface area contributed by atoms with E-state index in [1.165, 1.54) is 12.1 Å². The summed E-state index contributed by atoms with van der Waals surface area (Å²) in [5.41, 5.74) is 2.37. The molecule has 128 valence electrons. The van der Waals surface area contributed by atoms with Crippen LogP contribution in [0.1, 0.15) is 34.9 Å². The van der Waals surface area contributed by atoms with E-state index in [1.54, 1.807) is 30.7 Å². The third-order valence-electron chi connectivity index (χ3n) is 4.93. The lowest BCUT2D eigenvalue weighted by atomic mass is 9.95. The average Bonchev–Trinajstić information content (AvgIpc) is 2.98. The van der Waals surface area contributed by atoms with Crippen LogP contribution in [0.5, 0.6) is 0 Å². The second-order valence-electron chi connectivity index (χ2n) is 6.51. The lowest BCUT2D eigenvalue weighted by molar-refractivity contribution is 0.0696. The number of hydrogen-bond donors (Lipinski definition) is 0. The monoisotopic (exact) mass is 338 g/mol. The Morgan fingerprint density at radius 2 is 2.16 bits per heavy atom. The molecule has 1 aliphatic heterocycles. The molecule has 0 spiro atoms. The summed E-state index contributed by atoms with van der Waals surface area (Å²) in [6.45, 7) is 1.36. The zero-order valence-electron chi connectivity index (χ0n) is 14.0. The molecule has 1 fully saturated rings. The van der Waals surface area contributed by atoms with E-state index >= 15 is 0 Å². The Balaban J connectivity index is 1.61. The van der Waals surface area contributed by atoms with Gasteiger partial charge in [-0.3, -0.25) is 14.8 Å². The highest BCUT2D eigenvalue weighted by molar-refractivity contribution is 5.98. The lowest BCUT2D eigenvalue weighted by Gasteiger charge is -2.32. The van der Waals surface area contributed by atoms with Crippen LogP contribution in [0.2, 0.25) is 0 Å². The number of carbonyl (C=O) groups excluding carboxylic acids is 1. The third-order valence-corrected chi connectivity index (χ3v) is 4.93. The Labute approximate surface area is 145 Å². The molecule has 6 heteroatoms. The van der Waals surface area contributed by atoms with Gasteiger partial charge in [-0.15, -0.1) is 0 Å². The summed E-state index contributed by atoms with van der Waals surface area (Å²) in [4.78, 5) is 23.4. The van der Waals surface area contributed by atoms with E-state index in [-0.39, 0.29) is 17.6 Å². The summed E-state index contributed by atoms with van der Waals surface area (Å²) in [6, 6.07) is 6.36. The first kappa shape index (κ1) is 15.7.